The van der Waals surface area contributed by atoms with Gasteiger partial charge >= 0.3 is 0 Å². The Morgan fingerprint density at radius 2 is 2.31 bits per heavy atom. The molecule has 0 aliphatic heterocycles. The van der Waals surface area contributed by atoms with E-state index in [0.29, 0.717) is 4.99 Å². The molecule has 0 aliphatic rings. The molecule has 70 valence electrons. The minimum absolute atomic E-state index is 0.289. The maximum absolute atomic E-state index is 5.37. The Hall–Kier alpha value is -0.610. The summed E-state index contributed by atoms with van der Waals surface area (Å²) in [6, 6.07) is 5.79. The second-order valence-electron chi connectivity index (χ2n) is 2.66. The molecule has 0 aromatic heterocycles. The normalized spacial score (nSPS) is 9.69. The van der Waals surface area contributed by atoms with E-state index < -0.39 is 0 Å². The lowest BCUT2D eigenvalue weighted by atomic mass is 10.2. The number of aryl methyl sites for hydroxylation is 1. The van der Waals surface area contributed by atoms with Crippen LogP contribution in [0.25, 0.3) is 0 Å². The van der Waals surface area contributed by atoms with Gasteiger partial charge in [0.1, 0.15) is 17.3 Å². The molecule has 0 saturated carbocycles. The molecule has 0 heterocycles. The first-order valence-electron chi connectivity index (χ1n) is 3.77. The Morgan fingerprint density at radius 1 is 1.62 bits per heavy atom. The average molecular weight is 260 g/mol. The van der Waals surface area contributed by atoms with Crippen LogP contribution >= 0.6 is 28.1 Å². The first kappa shape index (κ1) is 10.5. The van der Waals surface area contributed by atoms with Crippen LogP contribution in [0.5, 0.6) is 5.75 Å². The Morgan fingerprint density at radius 3 is 2.85 bits per heavy atom. The maximum Gasteiger partial charge on any atom is 0.138 e. The van der Waals surface area contributed by atoms with Crippen LogP contribution in [0.15, 0.2) is 22.7 Å². The minimum atomic E-state index is 0.289. The summed E-state index contributed by atoms with van der Waals surface area (Å²) in [6.07, 6.45) is 0. The predicted molar refractivity (Wildman–Crippen MR) is 61.2 cm³/mol. The van der Waals surface area contributed by atoms with Gasteiger partial charge in [-0.25, -0.2) is 0 Å². The van der Waals surface area contributed by atoms with Gasteiger partial charge in [0.2, 0.25) is 0 Å². The van der Waals surface area contributed by atoms with E-state index in [1.54, 1.807) is 0 Å². The van der Waals surface area contributed by atoms with E-state index >= 15 is 0 Å². The fraction of sp³-hybridized carbons (Fsp3) is 0.222. The van der Waals surface area contributed by atoms with Gasteiger partial charge in [0, 0.05) is 4.47 Å². The molecule has 0 radical (unpaired) electrons. The van der Waals surface area contributed by atoms with Crippen LogP contribution in [0.2, 0.25) is 0 Å². The lowest BCUT2D eigenvalue weighted by Gasteiger charge is -2.07. The summed E-state index contributed by atoms with van der Waals surface area (Å²) >= 11 is 8.08. The summed E-state index contributed by atoms with van der Waals surface area (Å²) in [7, 11) is 0. The molecule has 0 atom stereocenters. The van der Waals surface area contributed by atoms with Crippen LogP contribution < -0.4 is 10.5 Å². The molecule has 0 fully saturated rings. The SMILES string of the molecule is Cc1cc(Br)ccc1OCC(N)=S. The number of halogens is 1. The van der Waals surface area contributed by atoms with Crippen LogP contribution in [0.3, 0.4) is 0 Å². The lowest BCUT2D eigenvalue weighted by molar-refractivity contribution is 0.375. The van der Waals surface area contributed by atoms with Crippen LogP contribution in [0.1, 0.15) is 5.56 Å². The zero-order valence-corrected chi connectivity index (χ0v) is 9.61. The van der Waals surface area contributed by atoms with E-state index in [1.165, 1.54) is 0 Å². The van der Waals surface area contributed by atoms with Gasteiger partial charge in [0.25, 0.3) is 0 Å². The number of thiocarbonyl (C=S) groups is 1. The number of nitrogens with two attached hydrogens (primary N) is 1. The number of ether oxygens (including phenoxy) is 1. The Labute approximate surface area is 91.2 Å². The Kier molecular flexibility index (Phi) is 3.69. The van der Waals surface area contributed by atoms with Crippen LogP contribution in [-0.2, 0) is 0 Å². The second kappa shape index (κ2) is 4.58. The van der Waals surface area contributed by atoms with E-state index in [1.807, 2.05) is 25.1 Å². The van der Waals surface area contributed by atoms with E-state index in [2.05, 4.69) is 15.9 Å². The third-order valence-electron chi connectivity index (χ3n) is 1.51. The number of rotatable bonds is 3. The van der Waals surface area contributed by atoms with Crippen molar-refractivity contribution in [1.82, 2.24) is 0 Å². The highest BCUT2D eigenvalue weighted by atomic mass is 79.9. The van der Waals surface area contributed by atoms with E-state index in [4.69, 9.17) is 22.7 Å². The van der Waals surface area contributed by atoms with Crippen LogP contribution in [-0.4, -0.2) is 11.6 Å². The third-order valence-corrected chi connectivity index (χ3v) is 2.12. The first-order chi connectivity index (χ1) is 6.09. The van der Waals surface area contributed by atoms with Crippen molar-refractivity contribution in [3.8, 4) is 5.75 Å². The molecule has 2 N–H and O–H groups in total. The monoisotopic (exact) mass is 259 g/mol. The highest BCUT2D eigenvalue weighted by Gasteiger charge is 1.99. The standard InChI is InChI=1S/C9H10BrNOS/c1-6-4-7(10)2-3-8(6)12-5-9(11)13/h2-4H,5H2,1H3,(H2,11,13). The highest BCUT2D eigenvalue weighted by molar-refractivity contribution is 9.10. The van der Waals surface area contributed by atoms with Gasteiger partial charge in [-0.1, -0.05) is 28.1 Å². The zero-order chi connectivity index (χ0) is 9.84. The predicted octanol–water partition coefficient (Wildman–Crippen LogP) is 2.42. The maximum atomic E-state index is 5.37. The van der Waals surface area contributed by atoms with Crippen molar-refractivity contribution in [2.45, 2.75) is 6.92 Å². The van der Waals surface area contributed by atoms with Gasteiger partial charge in [0.15, 0.2) is 0 Å². The van der Waals surface area contributed by atoms with Gasteiger partial charge in [-0.15, -0.1) is 0 Å². The summed E-state index contributed by atoms with van der Waals surface area (Å²) in [5.41, 5.74) is 6.38. The van der Waals surface area contributed by atoms with Crippen molar-refractivity contribution in [3.63, 3.8) is 0 Å². The van der Waals surface area contributed by atoms with Gasteiger partial charge in [-0.3, -0.25) is 0 Å². The summed E-state index contributed by atoms with van der Waals surface area (Å²) in [5.74, 6) is 0.816. The van der Waals surface area contributed by atoms with Crippen molar-refractivity contribution in [3.05, 3.63) is 28.2 Å². The van der Waals surface area contributed by atoms with E-state index in [0.717, 1.165) is 15.8 Å². The third kappa shape index (κ3) is 3.32. The summed E-state index contributed by atoms with van der Waals surface area (Å²) in [4.78, 5) is 0.363. The Balaban J connectivity index is 2.72. The quantitative estimate of drug-likeness (QED) is 0.848. The van der Waals surface area contributed by atoms with Gasteiger partial charge in [0.05, 0.1) is 0 Å². The van der Waals surface area contributed by atoms with E-state index in [-0.39, 0.29) is 6.61 Å². The zero-order valence-electron chi connectivity index (χ0n) is 7.21. The number of benzene rings is 1. The number of hydrogen-bond donors (Lipinski definition) is 1. The Bertz CT molecular complexity index is 327. The molecule has 2 nitrogen and oxygen atoms in total. The lowest BCUT2D eigenvalue weighted by Crippen LogP contribution is -2.18. The highest BCUT2D eigenvalue weighted by Crippen LogP contribution is 2.21. The van der Waals surface area contributed by atoms with Crippen LogP contribution in [0.4, 0.5) is 0 Å². The molecule has 1 aromatic rings. The molecule has 13 heavy (non-hydrogen) atoms. The second-order valence-corrected chi connectivity index (χ2v) is 4.10. The molecule has 1 rings (SSSR count). The van der Waals surface area contributed by atoms with Crippen LogP contribution in [0, 0.1) is 6.92 Å². The van der Waals surface area contributed by atoms with Crippen molar-refractivity contribution in [1.29, 1.82) is 0 Å². The molecular weight excluding hydrogens is 250 g/mol. The topological polar surface area (TPSA) is 35.2 Å². The molecule has 0 amide bonds. The van der Waals surface area contributed by atoms with Crippen molar-refractivity contribution >= 4 is 33.1 Å². The molecule has 0 bridgehead atoms. The largest absolute Gasteiger partial charge is 0.486 e. The molecule has 0 saturated heterocycles. The minimum Gasteiger partial charge on any atom is -0.486 e. The van der Waals surface area contributed by atoms with Gasteiger partial charge in [-0.2, -0.15) is 0 Å². The molecule has 0 unspecified atom stereocenters. The van der Waals surface area contributed by atoms with Gasteiger partial charge in [-0.05, 0) is 30.7 Å². The summed E-state index contributed by atoms with van der Waals surface area (Å²) in [6.45, 7) is 2.26. The fourth-order valence-electron chi connectivity index (χ4n) is 0.924. The summed E-state index contributed by atoms with van der Waals surface area (Å²) < 4.78 is 6.40. The average Bonchev–Trinajstić information content (AvgIpc) is 2.02. The number of hydrogen-bond acceptors (Lipinski definition) is 2. The molecular formula is C9H10BrNOS. The van der Waals surface area contributed by atoms with E-state index in [9.17, 15) is 0 Å². The molecule has 0 spiro atoms. The smallest absolute Gasteiger partial charge is 0.138 e. The van der Waals surface area contributed by atoms with Crippen molar-refractivity contribution in [2.75, 3.05) is 6.61 Å². The van der Waals surface area contributed by atoms with Crippen molar-refractivity contribution < 1.29 is 4.74 Å². The van der Waals surface area contributed by atoms with Gasteiger partial charge < -0.3 is 10.5 Å². The summed E-state index contributed by atoms with van der Waals surface area (Å²) in [5, 5.41) is 0. The molecule has 0 aliphatic carbocycles. The first-order valence-corrected chi connectivity index (χ1v) is 4.97. The van der Waals surface area contributed by atoms with Crippen molar-refractivity contribution in [2.24, 2.45) is 5.73 Å². The molecule has 4 heteroatoms. The molecule has 1 aromatic carbocycles. The fourth-order valence-corrected chi connectivity index (χ4v) is 1.46.